The molecule has 0 amide bonds. The number of rotatable bonds is 4. The maximum Gasteiger partial charge on any atom is 0.0547 e. The normalized spacial score (nSPS) is 11.7. The Morgan fingerprint density at radius 2 is 1.02 bits per heavy atom. The summed E-state index contributed by atoms with van der Waals surface area (Å²) < 4.78 is 5.04. The molecule has 2 heterocycles. The summed E-state index contributed by atoms with van der Waals surface area (Å²) in [6, 6.07) is 57.2. The Morgan fingerprint density at radius 3 is 1.86 bits per heavy atom. The lowest BCUT2D eigenvalue weighted by Gasteiger charge is -2.26. The van der Waals surface area contributed by atoms with Crippen LogP contribution in [0.5, 0.6) is 0 Å². The molecule has 0 aliphatic heterocycles. The average Bonchev–Trinajstić information content (AvgIpc) is 3.60. The van der Waals surface area contributed by atoms with Gasteiger partial charge in [0.2, 0.25) is 0 Å². The second kappa shape index (κ2) is 9.59. The van der Waals surface area contributed by atoms with Crippen molar-refractivity contribution in [2.45, 2.75) is 0 Å². The monoisotopic (exact) mass is 566 g/mol. The van der Waals surface area contributed by atoms with Gasteiger partial charge in [0.25, 0.3) is 0 Å². The van der Waals surface area contributed by atoms with Gasteiger partial charge in [-0.05, 0) is 89.6 Å². The molecular weight excluding hydrogens is 541 g/mol. The third-order valence-electron chi connectivity index (χ3n) is 8.54. The van der Waals surface area contributed by atoms with E-state index in [0.29, 0.717) is 0 Å². The number of fused-ring (bicyclic) bond motifs is 7. The summed E-state index contributed by atoms with van der Waals surface area (Å²) in [5.41, 5.74) is 7.01. The molecule has 3 heteroatoms. The van der Waals surface area contributed by atoms with E-state index in [9.17, 15) is 0 Å². The van der Waals surface area contributed by atoms with Crippen LogP contribution in [0.4, 0.5) is 17.1 Å². The van der Waals surface area contributed by atoms with E-state index in [4.69, 9.17) is 0 Å². The molecule has 0 aliphatic rings. The van der Waals surface area contributed by atoms with Crippen molar-refractivity contribution >= 4 is 81.1 Å². The van der Waals surface area contributed by atoms with Gasteiger partial charge in [0.1, 0.15) is 0 Å². The molecule has 0 bridgehead atoms. The largest absolute Gasteiger partial charge is 0.310 e. The van der Waals surface area contributed by atoms with Crippen molar-refractivity contribution in [3.8, 4) is 5.69 Å². The van der Waals surface area contributed by atoms with Crippen LogP contribution in [0.25, 0.3) is 58.4 Å². The smallest absolute Gasteiger partial charge is 0.0547 e. The number of hydrogen-bond acceptors (Lipinski definition) is 2. The molecule has 9 rings (SSSR count). The number of thiophene rings is 1. The van der Waals surface area contributed by atoms with E-state index in [1.807, 2.05) is 11.3 Å². The number of anilines is 3. The first-order valence-corrected chi connectivity index (χ1v) is 15.4. The third-order valence-corrected chi connectivity index (χ3v) is 9.69. The van der Waals surface area contributed by atoms with E-state index in [1.54, 1.807) is 0 Å². The first kappa shape index (κ1) is 24.2. The molecule has 0 N–H and O–H groups in total. The van der Waals surface area contributed by atoms with Gasteiger partial charge in [-0.25, -0.2) is 0 Å². The number of benzene rings is 7. The molecule has 9 aromatic rings. The topological polar surface area (TPSA) is 8.17 Å². The molecule has 202 valence electrons. The van der Waals surface area contributed by atoms with Crippen LogP contribution in [-0.4, -0.2) is 4.57 Å². The highest BCUT2D eigenvalue weighted by Crippen LogP contribution is 2.41. The molecule has 0 spiro atoms. The van der Waals surface area contributed by atoms with Crippen molar-refractivity contribution in [3.63, 3.8) is 0 Å². The summed E-state index contributed by atoms with van der Waals surface area (Å²) in [5, 5.41) is 7.68. The standard InChI is InChI=1S/C40H26N2S/c1-2-12-29(13-3-1)41(32-22-23-40-36(26-32)34-15-7-9-17-39(34)43-40)30-18-20-31(21-19-30)42-37-16-8-6-14-33(37)35-24-27-10-4-5-11-28(27)25-38(35)42/h1-26H. The predicted octanol–water partition coefficient (Wildman–Crippen LogP) is 11.8. The Hall–Kier alpha value is -5.38. The molecule has 0 saturated heterocycles. The lowest BCUT2D eigenvalue weighted by atomic mass is 10.1. The number of nitrogens with zero attached hydrogens (tertiary/aromatic N) is 2. The van der Waals surface area contributed by atoms with Crippen LogP contribution in [0.3, 0.4) is 0 Å². The lowest BCUT2D eigenvalue weighted by Crippen LogP contribution is -2.09. The molecule has 2 aromatic heterocycles. The Balaban J connectivity index is 1.22. The van der Waals surface area contributed by atoms with Crippen LogP contribution in [0.15, 0.2) is 158 Å². The lowest BCUT2D eigenvalue weighted by molar-refractivity contribution is 1.17. The minimum absolute atomic E-state index is 1.13. The van der Waals surface area contributed by atoms with E-state index >= 15 is 0 Å². The highest BCUT2D eigenvalue weighted by Gasteiger charge is 2.17. The SMILES string of the molecule is c1ccc(N(c2ccc(-n3c4ccccc4c4cc5ccccc5cc43)cc2)c2ccc3sc4ccccc4c3c2)cc1. The molecule has 0 radical (unpaired) electrons. The van der Waals surface area contributed by atoms with Gasteiger partial charge in [-0.15, -0.1) is 11.3 Å². The maximum atomic E-state index is 2.40. The number of aromatic nitrogens is 1. The minimum atomic E-state index is 1.13. The van der Waals surface area contributed by atoms with E-state index in [2.05, 4.69) is 167 Å². The highest BCUT2D eigenvalue weighted by atomic mass is 32.1. The molecule has 0 fully saturated rings. The van der Waals surface area contributed by atoms with Gasteiger partial charge in [0, 0.05) is 53.7 Å². The van der Waals surface area contributed by atoms with Crippen molar-refractivity contribution in [1.82, 2.24) is 4.57 Å². The fourth-order valence-corrected chi connectivity index (χ4v) is 7.65. The average molecular weight is 567 g/mol. The van der Waals surface area contributed by atoms with Crippen molar-refractivity contribution in [3.05, 3.63) is 158 Å². The molecule has 0 aliphatic carbocycles. The number of hydrogen-bond donors (Lipinski definition) is 0. The summed E-state index contributed by atoms with van der Waals surface area (Å²) in [6.07, 6.45) is 0. The van der Waals surface area contributed by atoms with E-state index in [0.717, 1.165) is 22.7 Å². The van der Waals surface area contributed by atoms with Gasteiger partial charge in [-0.2, -0.15) is 0 Å². The van der Waals surface area contributed by atoms with Crippen molar-refractivity contribution < 1.29 is 0 Å². The molecule has 0 atom stereocenters. The van der Waals surface area contributed by atoms with Gasteiger partial charge in [0.05, 0.1) is 11.0 Å². The Morgan fingerprint density at radius 1 is 0.395 bits per heavy atom. The van der Waals surface area contributed by atoms with Crippen molar-refractivity contribution in [1.29, 1.82) is 0 Å². The predicted molar refractivity (Wildman–Crippen MR) is 186 cm³/mol. The summed E-state index contributed by atoms with van der Waals surface area (Å²) >= 11 is 1.86. The molecule has 7 aromatic carbocycles. The summed E-state index contributed by atoms with van der Waals surface area (Å²) in [5.74, 6) is 0. The zero-order chi connectivity index (χ0) is 28.3. The quantitative estimate of drug-likeness (QED) is 0.206. The fraction of sp³-hybridized carbons (Fsp3) is 0. The van der Waals surface area contributed by atoms with E-state index in [-0.39, 0.29) is 0 Å². The Labute approximate surface area is 253 Å². The zero-order valence-corrected chi connectivity index (χ0v) is 24.1. The van der Waals surface area contributed by atoms with Gasteiger partial charge in [-0.1, -0.05) is 78.9 Å². The van der Waals surface area contributed by atoms with Crippen LogP contribution in [0, 0.1) is 0 Å². The van der Waals surface area contributed by atoms with Gasteiger partial charge in [-0.3, -0.25) is 0 Å². The summed E-state index contributed by atoms with van der Waals surface area (Å²) in [7, 11) is 0. The van der Waals surface area contributed by atoms with Crippen molar-refractivity contribution in [2.24, 2.45) is 0 Å². The van der Waals surface area contributed by atoms with Crippen LogP contribution < -0.4 is 4.90 Å². The van der Waals surface area contributed by atoms with Gasteiger partial charge >= 0.3 is 0 Å². The second-order valence-electron chi connectivity index (χ2n) is 11.0. The molecule has 0 saturated carbocycles. The fourth-order valence-electron chi connectivity index (χ4n) is 6.56. The van der Waals surface area contributed by atoms with Crippen LogP contribution in [0.1, 0.15) is 0 Å². The zero-order valence-electron chi connectivity index (χ0n) is 23.3. The maximum absolute atomic E-state index is 2.40. The molecule has 2 nitrogen and oxygen atoms in total. The van der Waals surface area contributed by atoms with Crippen LogP contribution in [-0.2, 0) is 0 Å². The molecule has 0 unspecified atom stereocenters. The van der Waals surface area contributed by atoms with Gasteiger partial charge in [0.15, 0.2) is 0 Å². The first-order chi connectivity index (χ1) is 21.3. The van der Waals surface area contributed by atoms with Crippen molar-refractivity contribution in [2.75, 3.05) is 4.90 Å². The molecule has 43 heavy (non-hydrogen) atoms. The number of para-hydroxylation sites is 2. The minimum Gasteiger partial charge on any atom is -0.310 e. The highest BCUT2D eigenvalue weighted by molar-refractivity contribution is 7.25. The van der Waals surface area contributed by atoms with E-state index in [1.165, 1.54) is 52.8 Å². The van der Waals surface area contributed by atoms with Crippen LogP contribution in [0.2, 0.25) is 0 Å². The van der Waals surface area contributed by atoms with E-state index < -0.39 is 0 Å². The van der Waals surface area contributed by atoms with Gasteiger partial charge < -0.3 is 9.47 Å². The Bertz CT molecular complexity index is 2450. The summed E-state index contributed by atoms with van der Waals surface area (Å²) in [6.45, 7) is 0. The first-order valence-electron chi connectivity index (χ1n) is 14.6. The second-order valence-corrected chi connectivity index (χ2v) is 12.1. The summed E-state index contributed by atoms with van der Waals surface area (Å²) in [4.78, 5) is 2.36. The molecular formula is C40H26N2S. The Kier molecular flexibility index (Phi) is 5.40. The van der Waals surface area contributed by atoms with Crippen LogP contribution >= 0.6 is 11.3 Å². The third kappa shape index (κ3) is 3.86.